The average molecular weight is 523 g/mol. The Labute approximate surface area is 235 Å². The number of benzene rings is 3. The van der Waals surface area contributed by atoms with Crippen LogP contribution >= 0.6 is 0 Å². The summed E-state index contributed by atoms with van der Waals surface area (Å²) in [6, 6.07) is 15.8. The van der Waals surface area contributed by atoms with Crippen molar-refractivity contribution in [2.24, 2.45) is 28.1 Å². The lowest BCUT2D eigenvalue weighted by Gasteiger charge is -2.51. The first-order valence-electron chi connectivity index (χ1n) is 15.4. The summed E-state index contributed by atoms with van der Waals surface area (Å²) in [4.78, 5) is 0. The van der Waals surface area contributed by atoms with Gasteiger partial charge in [-0.15, -0.1) is 0 Å². The molecule has 2 bridgehead atoms. The highest BCUT2D eigenvalue weighted by Gasteiger charge is 2.53. The molecule has 0 saturated heterocycles. The lowest BCUT2D eigenvalue weighted by atomic mass is 9.52. The van der Waals surface area contributed by atoms with Crippen LogP contribution in [-0.2, 0) is 11.8 Å². The number of aromatic hydroxyl groups is 1. The smallest absolute Gasteiger partial charge is 0.123 e. The van der Waals surface area contributed by atoms with Crippen LogP contribution in [0.4, 0.5) is 0 Å². The fourth-order valence-electron chi connectivity index (χ4n) is 10.9. The number of hydrogen-bond donors (Lipinski definition) is 1. The molecule has 3 aromatic carbocycles. The largest absolute Gasteiger partial charge is 0.507 e. The molecule has 2 atom stereocenters. The maximum absolute atomic E-state index is 11.6. The predicted molar refractivity (Wildman–Crippen MR) is 162 cm³/mol. The number of fused-ring (bicyclic) bond motifs is 9. The van der Waals surface area contributed by atoms with Gasteiger partial charge in [0.25, 0.3) is 0 Å². The predicted octanol–water partition coefficient (Wildman–Crippen LogP) is 9.82. The fraction of sp³-hybridized carbons (Fsp3) is 0.568. The molecule has 3 fully saturated rings. The van der Waals surface area contributed by atoms with Crippen molar-refractivity contribution < 1.29 is 9.84 Å². The van der Waals surface area contributed by atoms with E-state index in [4.69, 9.17) is 4.74 Å². The third-order valence-electron chi connectivity index (χ3n) is 11.1. The SMILES string of the molecule is COc1cc2c(O)cc3c(c2cc1CC1(C)CC2CCC(C2)C1)-c1ccccc1C31CC(C)(C)CC(C)(C)C1. The van der Waals surface area contributed by atoms with Crippen molar-refractivity contribution >= 4 is 10.8 Å². The second kappa shape index (κ2) is 8.27. The van der Waals surface area contributed by atoms with E-state index in [1.54, 1.807) is 7.11 Å². The molecule has 3 saturated carbocycles. The highest BCUT2D eigenvalue weighted by Crippen LogP contribution is 2.65. The Morgan fingerprint density at radius 2 is 1.49 bits per heavy atom. The van der Waals surface area contributed by atoms with Crippen LogP contribution in [0.25, 0.3) is 21.9 Å². The van der Waals surface area contributed by atoms with E-state index in [0.29, 0.717) is 11.2 Å². The molecule has 0 radical (unpaired) electrons. The van der Waals surface area contributed by atoms with Crippen LogP contribution in [0.3, 0.4) is 0 Å². The molecule has 2 nitrogen and oxygen atoms in total. The molecule has 2 heteroatoms. The Morgan fingerprint density at radius 1 is 0.821 bits per heavy atom. The third-order valence-corrected chi connectivity index (χ3v) is 11.1. The number of phenolic OH excluding ortho intramolecular Hbond substituents is 1. The minimum Gasteiger partial charge on any atom is -0.507 e. The first kappa shape index (κ1) is 25.5. The molecule has 0 heterocycles. The normalized spacial score (nSPS) is 29.4. The second-order valence-electron chi connectivity index (χ2n) is 16.0. The Hall–Kier alpha value is -2.48. The van der Waals surface area contributed by atoms with Gasteiger partial charge in [-0.05, 0) is 124 Å². The molecule has 2 unspecified atom stereocenters. The van der Waals surface area contributed by atoms with Gasteiger partial charge in [-0.3, -0.25) is 0 Å². The van der Waals surface area contributed by atoms with Crippen molar-refractivity contribution in [3.63, 3.8) is 0 Å². The first-order chi connectivity index (χ1) is 18.4. The summed E-state index contributed by atoms with van der Waals surface area (Å²) in [7, 11) is 1.79. The van der Waals surface area contributed by atoms with E-state index >= 15 is 0 Å². The van der Waals surface area contributed by atoms with Gasteiger partial charge in [0.2, 0.25) is 0 Å². The number of ether oxygens (including phenoxy) is 1. The number of methoxy groups -OCH3 is 1. The van der Waals surface area contributed by atoms with E-state index in [0.717, 1.165) is 42.2 Å². The molecule has 39 heavy (non-hydrogen) atoms. The molecule has 0 aromatic heterocycles. The lowest BCUT2D eigenvalue weighted by molar-refractivity contribution is 0.0645. The quantitative estimate of drug-likeness (QED) is 0.371. The summed E-state index contributed by atoms with van der Waals surface area (Å²) in [5, 5.41) is 13.7. The van der Waals surface area contributed by atoms with E-state index in [9.17, 15) is 5.11 Å². The van der Waals surface area contributed by atoms with E-state index < -0.39 is 0 Å². The van der Waals surface area contributed by atoms with Crippen LogP contribution in [0.5, 0.6) is 11.5 Å². The Bertz CT molecular complexity index is 1450. The second-order valence-corrected chi connectivity index (χ2v) is 16.0. The first-order valence-corrected chi connectivity index (χ1v) is 15.4. The van der Waals surface area contributed by atoms with Crippen molar-refractivity contribution in [1.29, 1.82) is 0 Å². The summed E-state index contributed by atoms with van der Waals surface area (Å²) < 4.78 is 6.01. The van der Waals surface area contributed by atoms with Crippen molar-refractivity contribution in [2.45, 2.75) is 97.8 Å². The molecule has 7 rings (SSSR count). The Morgan fingerprint density at radius 3 is 2.15 bits per heavy atom. The molecule has 206 valence electrons. The number of hydrogen-bond acceptors (Lipinski definition) is 2. The zero-order chi connectivity index (χ0) is 27.4. The van der Waals surface area contributed by atoms with Crippen LogP contribution in [-0.4, -0.2) is 12.2 Å². The van der Waals surface area contributed by atoms with Gasteiger partial charge in [-0.25, -0.2) is 0 Å². The van der Waals surface area contributed by atoms with Gasteiger partial charge >= 0.3 is 0 Å². The number of phenols is 1. The maximum Gasteiger partial charge on any atom is 0.123 e. The summed E-state index contributed by atoms with van der Waals surface area (Å²) in [6.07, 6.45) is 11.4. The van der Waals surface area contributed by atoms with Gasteiger partial charge in [0, 0.05) is 10.8 Å². The molecule has 0 aliphatic heterocycles. The molecular weight excluding hydrogens is 476 g/mol. The van der Waals surface area contributed by atoms with Gasteiger partial charge in [0.1, 0.15) is 11.5 Å². The maximum atomic E-state index is 11.6. The topological polar surface area (TPSA) is 29.5 Å². The summed E-state index contributed by atoms with van der Waals surface area (Å²) >= 11 is 0. The highest BCUT2D eigenvalue weighted by atomic mass is 16.5. The zero-order valence-electron chi connectivity index (χ0n) is 24.9. The van der Waals surface area contributed by atoms with Crippen LogP contribution in [0.2, 0.25) is 0 Å². The summed E-state index contributed by atoms with van der Waals surface area (Å²) in [5.41, 5.74) is 7.52. The van der Waals surface area contributed by atoms with Gasteiger partial charge in [-0.2, -0.15) is 0 Å². The molecule has 3 aromatic rings. The molecule has 4 aliphatic carbocycles. The van der Waals surface area contributed by atoms with Crippen molar-refractivity contribution in [2.75, 3.05) is 7.11 Å². The van der Waals surface area contributed by atoms with Gasteiger partial charge in [0.15, 0.2) is 0 Å². The minimum atomic E-state index is -0.0719. The minimum absolute atomic E-state index is 0.0719. The van der Waals surface area contributed by atoms with E-state index in [-0.39, 0.29) is 16.2 Å². The van der Waals surface area contributed by atoms with Gasteiger partial charge < -0.3 is 9.84 Å². The molecule has 1 spiro atoms. The fourth-order valence-corrected chi connectivity index (χ4v) is 10.9. The Kier molecular flexibility index (Phi) is 5.41. The molecule has 0 amide bonds. The van der Waals surface area contributed by atoms with Gasteiger partial charge in [0.05, 0.1) is 7.11 Å². The van der Waals surface area contributed by atoms with E-state index in [1.165, 1.54) is 71.7 Å². The third kappa shape index (κ3) is 3.95. The van der Waals surface area contributed by atoms with Crippen molar-refractivity contribution in [3.05, 3.63) is 59.2 Å². The van der Waals surface area contributed by atoms with Crippen LogP contribution in [0.15, 0.2) is 42.5 Å². The van der Waals surface area contributed by atoms with Gasteiger partial charge in [-0.1, -0.05) is 71.7 Å². The average Bonchev–Trinajstić information content (AvgIpc) is 3.31. The molecule has 4 aliphatic rings. The molecule has 1 N–H and O–H groups in total. The number of rotatable bonds is 3. The monoisotopic (exact) mass is 522 g/mol. The summed E-state index contributed by atoms with van der Waals surface area (Å²) in [5.74, 6) is 3.12. The zero-order valence-corrected chi connectivity index (χ0v) is 24.9. The van der Waals surface area contributed by atoms with Crippen LogP contribution < -0.4 is 4.74 Å². The molecular formula is C37H46O2. The van der Waals surface area contributed by atoms with E-state index in [1.807, 2.05) is 0 Å². The van der Waals surface area contributed by atoms with Crippen LogP contribution in [0, 0.1) is 28.1 Å². The summed E-state index contributed by atoms with van der Waals surface area (Å²) in [6.45, 7) is 12.3. The van der Waals surface area contributed by atoms with Crippen LogP contribution in [0.1, 0.15) is 103 Å². The standard InChI is InChI=1S/C37H46O2/c1-34(2)20-35(3,4)22-37(21-34)29-10-8-7-9-26(29)33-28-14-25(19-36(5)17-23-11-12-24(13-23)18-36)32(39-6)15-27(28)31(38)16-30(33)37/h7-10,14-16,23-24,38H,11-13,17-22H2,1-6H3. The van der Waals surface area contributed by atoms with Crippen molar-refractivity contribution in [1.82, 2.24) is 0 Å². The van der Waals surface area contributed by atoms with Crippen molar-refractivity contribution in [3.8, 4) is 22.6 Å². The lowest BCUT2D eigenvalue weighted by Crippen LogP contribution is -2.43. The van der Waals surface area contributed by atoms with E-state index in [2.05, 4.69) is 77.1 Å². The highest BCUT2D eigenvalue weighted by molar-refractivity contribution is 6.06. The Balaban J connectivity index is 1.45.